The normalized spacial score (nSPS) is 16.8. The fraction of sp³-hybridized carbons (Fsp3) is 0.462. The minimum atomic E-state index is -0.389. The van der Waals surface area contributed by atoms with Crippen LogP contribution in [0.2, 0.25) is 5.02 Å². The number of morpholine rings is 1. The highest BCUT2D eigenvalue weighted by molar-refractivity contribution is 7.23. The van der Waals surface area contributed by atoms with E-state index in [0.717, 1.165) is 61.2 Å². The number of thiazole rings is 1. The van der Waals surface area contributed by atoms with Crippen molar-refractivity contribution < 1.29 is 14.5 Å². The molecule has 9 nitrogen and oxygen atoms in total. The van der Waals surface area contributed by atoms with E-state index in [1.807, 2.05) is 24.0 Å². The van der Waals surface area contributed by atoms with E-state index < -0.39 is 0 Å². The molecule has 2 aliphatic rings. The second kappa shape index (κ2) is 11.3. The van der Waals surface area contributed by atoms with Gasteiger partial charge in [0.15, 0.2) is 5.13 Å². The number of ether oxygens (including phenoxy) is 1. The van der Waals surface area contributed by atoms with Crippen LogP contribution in [0.5, 0.6) is 0 Å². The predicted molar refractivity (Wildman–Crippen MR) is 147 cm³/mol. The molecular formula is C26H30ClN5O4S. The predicted octanol–water partition coefficient (Wildman–Crippen LogP) is 5.14. The van der Waals surface area contributed by atoms with E-state index in [4.69, 9.17) is 21.3 Å². The van der Waals surface area contributed by atoms with Crippen molar-refractivity contribution in [1.29, 1.82) is 0 Å². The van der Waals surface area contributed by atoms with Gasteiger partial charge in [-0.2, -0.15) is 0 Å². The molecule has 2 aromatic carbocycles. The largest absolute Gasteiger partial charge is 0.379 e. The third kappa shape index (κ3) is 5.57. The van der Waals surface area contributed by atoms with Crippen molar-refractivity contribution in [3.05, 3.63) is 56.6 Å². The van der Waals surface area contributed by atoms with Gasteiger partial charge >= 0.3 is 0 Å². The van der Waals surface area contributed by atoms with Crippen molar-refractivity contribution in [1.82, 2.24) is 9.88 Å². The van der Waals surface area contributed by atoms with Gasteiger partial charge in [-0.05, 0) is 49.9 Å². The average Bonchev–Trinajstić information content (AvgIpc) is 3.38. The number of anilines is 2. The number of rotatable bonds is 7. The molecule has 0 spiro atoms. The molecule has 0 radical (unpaired) electrons. The summed E-state index contributed by atoms with van der Waals surface area (Å²) in [6.07, 6.45) is 3.14. The summed E-state index contributed by atoms with van der Waals surface area (Å²) in [6.45, 7) is 7.48. The maximum absolute atomic E-state index is 13.9. The Kier molecular flexibility index (Phi) is 7.89. The zero-order chi connectivity index (χ0) is 25.9. The number of nitro benzene ring substituents is 1. The Balaban J connectivity index is 1.49. The van der Waals surface area contributed by atoms with E-state index in [1.165, 1.54) is 17.4 Å². The third-order valence-corrected chi connectivity index (χ3v) is 8.56. The first kappa shape index (κ1) is 25.8. The molecule has 0 unspecified atom stereocenters. The van der Waals surface area contributed by atoms with E-state index in [0.29, 0.717) is 42.1 Å². The Morgan fingerprint density at radius 2 is 1.92 bits per heavy atom. The summed E-state index contributed by atoms with van der Waals surface area (Å²) >= 11 is 7.82. The van der Waals surface area contributed by atoms with Crippen LogP contribution in [-0.2, 0) is 4.74 Å². The molecule has 0 N–H and O–H groups in total. The number of benzene rings is 2. The number of nitrogens with zero attached hydrogens (tertiary/aromatic N) is 5. The number of nitro groups is 1. The summed E-state index contributed by atoms with van der Waals surface area (Å²) in [5.74, 6) is -0.311. The molecule has 0 aliphatic carbocycles. The molecule has 5 rings (SSSR count). The van der Waals surface area contributed by atoms with Gasteiger partial charge in [-0.15, -0.1) is 0 Å². The van der Waals surface area contributed by atoms with Gasteiger partial charge in [0.25, 0.3) is 11.6 Å². The van der Waals surface area contributed by atoms with Crippen LogP contribution in [0.4, 0.5) is 16.5 Å². The van der Waals surface area contributed by atoms with Gasteiger partial charge in [0, 0.05) is 50.9 Å². The molecule has 3 aromatic rings. The van der Waals surface area contributed by atoms with Gasteiger partial charge in [0.2, 0.25) is 0 Å². The number of carbonyl (C=O) groups excluding carboxylic acids is 1. The summed E-state index contributed by atoms with van der Waals surface area (Å²) in [6, 6.07) is 8.59. The average molecular weight is 544 g/mol. The van der Waals surface area contributed by atoms with Crippen molar-refractivity contribution in [2.24, 2.45) is 0 Å². The molecule has 3 heterocycles. The molecule has 196 valence electrons. The summed E-state index contributed by atoms with van der Waals surface area (Å²) in [7, 11) is 0. The molecule has 0 saturated carbocycles. The molecule has 0 bridgehead atoms. The standard InChI is InChI=1S/C26H30ClN5O4S/c1-18-5-7-20(27)24-23(18)28-26(37-24)31(12-11-29-13-15-36-16-14-29)25(33)19-6-8-21(22(17-19)32(34)35)30-9-3-2-4-10-30/h5-8,17H,2-4,9-16H2,1H3. The van der Waals surface area contributed by atoms with Crippen LogP contribution in [0.25, 0.3) is 10.2 Å². The highest BCUT2D eigenvalue weighted by Gasteiger charge is 2.28. The van der Waals surface area contributed by atoms with Crippen molar-refractivity contribution in [3.8, 4) is 0 Å². The highest BCUT2D eigenvalue weighted by atomic mass is 35.5. The lowest BCUT2D eigenvalue weighted by Crippen LogP contribution is -2.43. The van der Waals surface area contributed by atoms with Crippen LogP contribution in [0, 0.1) is 17.0 Å². The van der Waals surface area contributed by atoms with Gasteiger partial charge in [0.05, 0.1) is 33.4 Å². The number of amides is 1. The first-order valence-corrected chi connectivity index (χ1v) is 13.8. The molecule has 1 amide bonds. The third-order valence-electron chi connectivity index (χ3n) is 7.02. The number of hydrogen-bond donors (Lipinski definition) is 0. The number of fused-ring (bicyclic) bond motifs is 1. The zero-order valence-corrected chi connectivity index (χ0v) is 22.4. The van der Waals surface area contributed by atoms with Crippen LogP contribution in [0.1, 0.15) is 35.2 Å². The molecule has 2 fully saturated rings. The van der Waals surface area contributed by atoms with Crippen molar-refractivity contribution in [2.75, 3.05) is 62.3 Å². The van der Waals surface area contributed by atoms with Crippen molar-refractivity contribution in [3.63, 3.8) is 0 Å². The molecular weight excluding hydrogens is 514 g/mol. The number of aromatic nitrogens is 1. The van der Waals surface area contributed by atoms with E-state index in [2.05, 4.69) is 4.90 Å². The van der Waals surface area contributed by atoms with E-state index in [9.17, 15) is 14.9 Å². The number of piperidine rings is 1. The van der Waals surface area contributed by atoms with Crippen LogP contribution in [0.3, 0.4) is 0 Å². The first-order chi connectivity index (χ1) is 17.9. The molecule has 11 heteroatoms. The Labute approximate surface area is 224 Å². The maximum Gasteiger partial charge on any atom is 0.293 e. The number of carbonyl (C=O) groups is 1. The Hall–Kier alpha value is -2.79. The molecule has 0 atom stereocenters. The number of aryl methyl sites for hydroxylation is 1. The van der Waals surface area contributed by atoms with E-state index in [-0.39, 0.29) is 22.1 Å². The van der Waals surface area contributed by atoms with Crippen molar-refractivity contribution in [2.45, 2.75) is 26.2 Å². The summed E-state index contributed by atoms with van der Waals surface area (Å²) in [5, 5.41) is 13.1. The van der Waals surface area contributed by atoms with E-state index in [1.54, 1.807) is 17.0 Å². The van der Waals surface area contributed by atoms with E-state index >= 15 is 0 Å². The summed E-state index contributed by atoms with van der Waals surface area (Å²) < 4.78 is 6.28. The van der Waals surface area contributed by atoms with Crippen LogP contribution < -0.4 is 9.80 Å². The Morgan fingerprint density at radius 1 is 1.16 bits per heavy atom. The number of halogens is 1. The minimum absolute atomic E-state index is 0.0379. The smallest absolute Gasteiger partial charge is 0.293 e. The summed E-state index contributed by atoms with van der Waals surface area (Å²) in [5.41, 5.74) is 2.55. The van der Waals surface area contributed by atoms with Crippen molar-refractivity contribution >= 4 is 55.6 Å². The topological polar surface area (TPSA) is 92.0 Å². The van der Waals surface area contributed by atoms with Crippen LogP contribution >= 0.6 is 22.9 Å². The van der Waals surface area contributed by atoms with Gasteiger partial charge in [-0.25, -0.2) is 4.98 Å². The monoisotopic (exact) mass is 543 g/mol. The number of hydrogen-bond acceptors (Lipinski definition) is 8. The molecule has 2 aliphatic heterocycles. The molecule has 2 saturated heterocycles. The zero-order valence-electron chi connectivity index (χ0n) is 20.8. The second-order valence-corrected chi connectivity index (χ2v) is 10.8. The lowest BCUT2D eigenvalue weighted by Gasteiger charge is -2.30. The molecule has 37 heavy (non-hydrogen) atoms. The van der Waals surface area contributed by atoms with Gasteiger partial charge in [-0.3, -0.25) is 24.7 Å². The van der Waals surface area contributed by atoms with Gasteiger partial charge in [-0.1, -0.05) is 29.0 Å². The molecule has 1 aromatic heterocycles. The lowest BCUT2D eigenvalue weighted by atomic mass is 10.1. The quantitative estimate of drug-likeness (QED) is 0.301. The van der Waals surface area contributed by atoms with Gasteiger partial charge < -0.3 is 9.64 Å². The highest BCUT2D eigenvalue weighted by Crippen LogP contribution is 2.37. The van der Waals surface area contributed by atoms with Gasteiger partial charge in [0.1, 0.15) is 5.69 Å². The van der Waals surface area contributed by atoms with Crippen LogP contribution in [-0.4, -0.2) is 73.2 Å². The Bertz CT molecular complexity index is 1260. The maximum atomic E-state index is 13.9. The second-order valence-electron chi connectivity index (χ2n) is 9.46. The lowest BCUT2D eigenvalue weighted by molar-refractivity contribution is -0.384. The van der Waals surface area contributed by atoms with Crippen LogP contribution in [0.15, 0.2) is 30.3 Å². The SMILES string of the molecule is Cc1ccc(Cl)c2sc(N(CCN3CCOCC3)C(=O)c3ccc(N4CCCCC4)c([N+](=O)[O-])c3)nc12. The first-order valence-electron chi connectivity index (χ1n) is 12.6. The fourth-order valence-electron chi connectivity index (χ4n) is 4.92. The fourth-order valence-corrected chi connectivity index (χ4v) is 6.26. The minimum Gasteiger partial charge on any atom is -0.379 e. The summed E-state index contributed by atoms with van der Waals surface area (Å²) in [4.78, 5) is 36.2. The Morgan fingerprint density at radius 3 is 2.62 bits per heavy atom.